The third kappa shape index (κ3) is 4.28. The average molecular weight is 429 g/mol. The van der Waals surface area contributed by atoms with Gasteiger partial charge in [0.1, 0.15) is 0 Å². The standard InChI is InChI=1S/C25H36N2O2S/c1-24(2,3)21-11-9-20(10-12-21)22(28)26-15-13-25(14-16-26)27(17-18-30-25)23(29)19-7-5-4-6-8-19/h9-12,19H,4-8,13-18H2,1-3H3. The van der Waals surface area contributed by atoms with Gasteiger partial charge in [0.05, 0.1) is 4.87 Å². The van der Waals surface area contributed by atoms with Gasteiger partial charge in [0.25, 0.3) is 5.91 Å². The van der Waals surface area contributed by atoms with Crippen molar-refractivity contribution in [3.05, 3.63) is 35.4 Å². The van der Waals surface area contributed by atoms with Crippen LogP contribution in [0.1, 0.15) is 81.6 Å². The zero-order valence-electron chi connectivity index (χ0n) is 18.8. The molecule has 1 aromatic carbocycles. The van der Waals surface area contributed by atoms with Crippen molar-refractivity contribution in [1.29, 1.82) is 0 Å². The maximum Gasteiger partial charge on any atom is 0.253 e. The van der Waals surface area contributed by atoms with E-state index in [0.717, 1.165) is 56.6 Å². The summed E-state index contributed by atoms with van der Waals surface area (Å²) in [6.07, 6.45) is 7.57. The number of hydrogen-bond acceptors (Lipinski definition) is 3. The zero-order chi connectivity index (χ0) is 21.4. The fourth-order valence-electron chi connectivity index (χ4n) is 5.26. The van der Waals surface area contributed by atoms with Crippen LogP contribution < -0.4 is 0 Å². The van der Waals surface area contributed by atoms with E-state index in [1.54, 1.807) is 0 Å². The number of piperidine rings is 1. The Morgan fingerprint density at radius 3 is 2.20 bits per heavy atom. The molecule has 0 atom stereocenters. The van der Waals surface area contributed by atoms with Gasteiger partial charge < -0.3 is 9.80 Å². The number of carbonyl (C=O) groups excluding carboxylic acids is 2. The molecule has 0 unspecified atom stereocenters. The van der Waals surface area contributed by atoms with Crippen LogP contribution in [0.4, 0.5) is 0 Å². The number of nitrogens with zero attached hydrogens (tertiary/aromatic N) is 2. The van der Waals surface area contributed by atoms with Gasteiger partial charge in [-0.1, -0.05) is 52.2 Å². The Bertz CT molecular complexity index is 769. The molecule has 3 fully saturated rings. The molecular formula is C25H36N2O2S. The van der Waals surface area contributed by atoms with E-state index in [2.05, 4.69) is 37.8 Å². The summed E-state index contributed by atoms with van der Waals surface area (Å²) in [4.78, 5) is 30.4. The smallest absolute Gasteiger partial charge is 0.253 e. The molecule has 4 nitrogen and oxygen atoms in total. The number of rotatable bonds is 2. The van der Waals surface area contributed by atoms with Crippen molar-refractivity contribution in [3.63, 3.8) is 0 Å². The maximum atomic E-state index is 13.3. The lowest BCUT2D eigenvalue weighted by atomic mass is 9.86. The molecule has 3 aliphatic rings. The van der Waals surface area contributed by atoms with Crippen molar-refractivity contribution in [2.24, 2.45) is 5.92 Å². The van der Waals surface area contributed by atoms with E-state index >= 15 is 0 Å². The van der Waals surface area contributed by atoms with Crippen LogP contribution in [0.25, 0.3) is 0 Å². The quantitative estimate of drug-likeness (QED) is 0.660. The summed E-state index contributed by atoms with van der Waals surface area (Å²) in [5, 5.41) is 0. The molecule has 0 N–H and O–H groups in total. The molecule has 2 aliphatic heterocycles. The summed E-state index contributed by atoms with van der Waals surface area (Å²) in [7, 11) is 0. The van der Waals surface area contributed by atoms with Crippen LogP contribution in [0.15, 0.2) is 24.3 Å². The first-order valence-corrected chi connectivity index (χ1v) is 12.6. The Morgan fingerprint density at radius 1 is 0.967 bits per heavy atom. The first-order valence-electron chi connectivity index (χ1n) is 11.7. The van der Waals surface area contributed by atoms with Crippen LogP contribution in [0.2, 0.25) is 0 Å². The number of hydrogen-bond donors (Lipinski definition) is 0. The normalized spacial score (nSPS) is 22.5. The maximum absolute atomic E-state index is 13.3. The molecule has 4 rings (SSSR count). The molecule has 1 saturated carbocycles. The van der Waals surface area contributed by atoms with Crippen molar-refractivity contribution >= 4 is 23.6 Å². The third-order valence-electron chi connectivity index (χ3n) is 7.23. The molecule has 164 valence electrons. The molecular weight excluding hydrogens is 392 g/mol. The van der Waals surface area contributed by atoms with Gasteiger partial charge in [0, 0.05) is 36.9 Å². The van der Waals surface area contributed by atoms with Crippen LogP contribution in [-0.2, 0) is 10.2 Å². The first kappa shape index (κ1) is 21.7. The highest BCUT2D eigenvalue weighted by molar-refractivity contribution is 8.00. The van der Waals surface area contributed by atoms with Crippen molar-refractivity contribution in [1.82, 2.24) is 9.80 Å². The Hall–Kier alpha value is -1.49. The van der Waals surface area contributed by atoms with Crippen molar-refractivity contribution in [2.75, 3.05) is 25.4 Å². The van der Waals surface area contributed by atoms with Crippen LogP contribution >= 0.6 is 11.8 Å². The first-order chi connectivity index (χ1) is 14.3. The largest absolute Gasteiger partial charge is 0.338 e. The second kappa shape index (κ2) is 8.57. The lowest BCUT2D eigenvalue weighted by molar-refractivity contribution is -0.140. The van der Waals surface area contributed by atoms with E-state index in [-0.39, 0.29) is 22.1 Å². The second-order valence-corrected chi connectivity index (χ2v) is 11.7. The molecule has 1 aliphatic carbocycles. The van der Waals surface area contributed by atoms with Gasteiger partial charge in [-0.3, -0.25) is 9.59 Å². The van der Waals surface area contributed by atoms with Gasteiger partial charge in [-0.2, -0.15) is 0 Å². The van der Waals surface area contributed by atoms with Gasteiger partial charge >= 0.3 is 0 Å². The summed E-state index contributed by atoms with van der Waals surface area (Å²) in [5.41, 5.74) is 2.11. The highest BCUT2D eigenvalue weighted by Crippen LogP contribution is 2.45. The molecule has 2 amide bonds. The van der Waals surface area contributed by atoms with Crippen LogP contribution in [0.3, 0.4) is 0 Å². The Kier molecular flexibility index (Phi) is 6.20. The number of amides is 2. The Labute approximate surface area is 185 Å². The summed E-state index contributed by atoms with van der Waals surface area (Å²) < 4.78 is 0. The summed E-state index contributed by atoms with van der Waals surface area (Å²) in [6, 6.07) is 8.10. The predicted octanol–water partition coefficient (Wildman–Crippen LogP) is 5.07. The van der Waals surface area contributed by atoms with E-state index in [1.165, 1.54) is 24.8 Å². The van der Waals surface area contributed by atoms with E-state index in [1.807, 2.05) is 28.8 Å². The van der Waals surface area contributed by atoms with E-state index in [9.17, 15) is 9.59 Å². The van der Waals surface area contributed by atoms with Gasteiger partial charge in [0.15, 0.2) is 0 Å². The third-order valence-corrected chi connectivity index (χ3v) is 8.78. The summed E-state index contributed by atoms with van der Waals surface area (Å²) in [5.74, 6) is 1.77. The molecule has 30 heavy (non-hydrogen) atoms. The summed E-state index contributed by atoms with van der Waals surface area (Å²) >= 11 is 1.95. The molecule has 1 aromatic rings. The van der Waals surface area contributed by atoms with Gasteiger partial charge in [0.2, 0.25) is 5.91 Å². The molecule has 0 aromatic heterocycles. The number of carbonyl (C=O) groups is 2. The highest BCUT2D eigenvalue weighted by Gasteiger charge is 2.48. The molecule has 5 heteroatoms. The monoisotopic (exact) mass is 428 g/mol. The summed E-state index contributed by atoms with van der Waals surface area (Å²) in [6.45, 7) is 8.92. The Balaban J connectivity index is 1.40. The topological polar surface area (TPSA) is 40.6 Å². The van der Waals surface area contributed by atoms with Gasteiger partial charge in [-0.15, -0.1) is 11.8 Å². The van der Waals surface area contributed by atoms with E-state index in [0.29, 0.717) is 5.91 Å². The number of thioether (sulfide) groups is 1. The van der Waals surface area contributed by atoms with Crippen molar-refractivity contribution < 1.29 is 9.59 Å². The lowest BCUT2D eigenvalue weighted by Gasteiger charge is -2.45. The average Bonchev–Trinajstić information content (AvgIpc) is 3.16. The molecule has 2 heterocycles. The predicted molar refractivity (Wildman–Crippen MR) is 124 cm³/mol. The van der Waals surface area contributed by atoms with E-state index < -0.39 is 0 Å². The van der Waals surface area contributed by atoms with Crippen LogP contribution in [0, 0.1) is 5.92 Å². The minimum Gasteiger partial charge on any atom is -0.338 e. The number of benzene rings is 1. The minimum absolute atomic E-state index is 0.0819. The number of likely N-dealkylation sites (tertiary alicyclic amines) is 1. The SMILES string of the molecule is CC(C)(C)c1ccc(C(=O)N2CCC3(CC2)SCCN3C(=O)C2CCCCC2)cc1. The Morgan fingerprint density at radius 2 is 1.60 bits per heavy atom. The highest BCUT2D eigenvalue weighted by atomic mass is 32.2. The van der Waals surface area contributed by atoms with Crippen molar-refractivity contribution in [2.45, 2.75) is 76.0 Å². The van der Waals surface area contributed by atoms with E-state index in [4.69, 9.17) is 0 Å². The molecule has 2 saturated heterocycles. The van der Waals surface area contributed by atoms with Crippen LogP contribution in [-0.4, -0.2) is 51.9 Å². The minimum atomic E-state index is -0.0819. The lowest BCUT2D eigenvalue weighted by Crippen LogP contribution is -2.55. The van der Waals surface area contributed by atoms with Gasteiger partial charge in [-0.25, -0.2) is 0 Å². The molecule has 0 bridgehead atoms. The fraction of sp³-hybridized carbons (Fsp3) is 0.680. The second-order valence-electron chi connectivity index (χ2n) is 10.2. The molecule has 1 spiro atoms. The fourth-order valence-corrected chi connectivity index (χ4v) is 6.72. The van der Waals surface area contributed by atoms with Crippen molar-refractivity contribution in [3.8, 4) is 0 Å². The molecule has 0 radical (unpaired) electrons. The van der Waals surface area contributed by atoms with Crippen LogP contribution in [0.5, 0.6) is 0 Å². The van der Waals surface area contributed by atoms with Gasteiger partial charge in [-0.05, 0) is 48.8 Å². The zero-order valence-corrected chi connectivity index (χ0v) is 19.6.